The Balaban J connectivity index is 0. The van der Waals surface area contributed by atoms with Gasteiger partial charge in [0.05, 0.1) is 0 Å². The van der Waals surface area contributed by atoms with Crippen molar-refractivity contribution in [3.8, 4) is 0 Å². The van der Waals surface area contributed by atoms with Crippen LogP contribution in [0.1, 0.15) is 76.7 Å². The molecule has 6 heteroatoms. The van der Waals surface area contributed by atoms with Gasteiger partial charge in [-0.25, -0.2) is 0 Å². The Morgan fingerprint density at radius 3 is 1.54 bits per heavy atom. The fourth-order valence-corrected chi connectivity index (χ4v) is 2.46. The summed E-state index contributed by atoms with van der Waals surface area (Å²) in [4.78, 5) is 0. The van der Waals surface area contributed by atoms with Crippen molar-refractivity contribution in [2.24, 2.45) is 0 Å². The van der Waals surface area contributed by atoms with Gasteiger partial charge in [0.2, 0.25) is 0 Å². The Labute approximate surface area is 160 Å². The van der Waals surface area contributed by atoms with Crippen LogP contribution < -0.4 is 18.9 Å². The van der Waals surface area contributed by atoms with Crippen LogP contribution >= 0.6 is 0 Å². The molecule has 0 fully saturated rings. The smallest absolute Gasteiger partial charge is 0.759 e. The second-order valence-electron chi connectivity index (χ2n) is 5.83. The number of aryl methyl sites for hydroxylation is 1. The van der Waals surface area contributed by atoms with E-state index in [1.54, 1.807) is 0 Å². The molecule has 134 valence electrons. The number of hydrogen-bond acceptors (Lipinski definition) is 4. The van der Waals surface area contributed by atoms with Crippen LogP contribution in [0.3, 0.4) is 0 Å². The van der Waals surface area contributed by atoms with Crippen molar-refractivity contribution in [2.75, 3.05) is 0 Å². The van der Waals surface area contributed by atoms with E-state index in [0.717, 1.165) is 0 Å². The fourth-order valence-electron chi connectivity index (χ4n) is 2.46. The van der Waals surface area contributed by atoms with Crippen molar-refractivity contribution in [1.82, 2.24) is 0 Å². The van der Waals surface area contributed by atoms with E-state index < -0.39 is 10.4 Å². The summed E-state index contributed by atoms with van der Waals surface area (Å²) in [5.74, 6) is 0. The van der Waals surface area contributed by atoms with Crippen molar-refractivity contribution in [3.63, 3.8) is 0 Å². The van der Waals surface area contributed by atoms with Gasteiger partial charge < -0.3 is 9.11 Å². The standard InChI is InChI=1S/C18H30.Li.H2O4S/c1-2-3-4-5-6-7-8-9-10-12-15-18-16-13-11-14-17-18;;1-5(2,3)4/h11,13-14,16-17H,2-10,12,15H2,1H3;;(H2,1,2,3,4)/q;+1;/p-2. The summed E-state index contributed by atoms with van der Waals surface area (Å²) in [6, 6.07) is 10.9. The second-order valence-corrected chi connectivity index (χ2v) is 6.64. The third kappa shape index (κ3) is 23.9. The van der Waals surface area contributed by atoms with Gasteiger partial charge in [0, 0.05) is 10.4 Å². The van der Waals surface area contributed by atoms with E-state index in [9.17, 15) is 0 Å². The normalized spacial score (nSPS) is 10.5. The summed E-state index contributed by atoms with van der Waals surface area (Å²) >= 11 is 0. The van der Waals surface area contributed by atoms with Crippen molar-refractivity contribution in [3.05, 3.63) is 35.9 Å². The van der Waals surface area contributed by atoms with Crippen LogP contribution in [0.15, 0.2) is 30.3 Å². The van der Waals surface area contributed by atoms with Crippen molar-refractivity contribution < 1.29 is 36.4 Å². The largest absolute Gasteiger partial charge is 1.00 e. The predicted octanol–water partition coefficient (Wildman–Crippen LogP) is 1.82. The molecule has 0 aromatic heterocycles. The monoisotopic (exact) mass is 349 g/mol. The molecular weight excluding hydrogens is 319 g/mol. The van der Waals surface area contributed by atoms with Crippen LogP contribution in [-0.2, 0) is 16.8 Å². The molecule has 0 atom stereocenters. The van der Waals surface area contributed by atoms with Gasteiger partial charge in [-0.2, -0.15) is 0 Å². The van der Waals surface area contributed by atoms with E-state index in [0.29, 0.717) is 0 Å². The maximum atomic E-state index is 8.52. The molecule has 0 bridgehead atoms. The van der Waals surface area contributed by atoms with Crippen molar-refractivity contribution in [2.45, 2.75) is 77.6 Å². The average Bonchev–Trinajstić information content (AvgIpc) is 2.48. The van der Waals surface area contributed by atoms with Crippen LogP contribution in [0.2, 0.25) is 0 Å². The molecule has 0 amide bonds. The molecule has 0 spiro atoms. The molecule has 24 heavy (non-hydrogen) atoms. The molecule has 0 heterocycles. The molecule has 0 aliphatic heterocycles. The third-order valence-corrected chi connectivity index (χ3v) is 3.66. The Kier molecular flexibility index (Phi) is 18.9. The molecule has 0 radical (unpaired) electrons. The van der Waals surface area contributed by atoms with Gasteiger partial charge in [0.15, 0.2) is 0 Å². The number of hydrogen-bond donors (Lipinski definition) is 0. The Bertz CT molecular complexity index is 455. The molecule has 0 saturated heterocycles. The molecular formula is C18H30LiO4S-. The Hall–Kier alpha value is -0.313. The molecule has 0 unspecified atom stereocenters. The zero-order chi connectivity index (χ0) is 17.4. The molecule has 1 rings (SSSR count). The molecule has 4 nitrogen and oxygen atoms in total. The minimum absolute atomic E-state index is 0. The SMILES string of the molecule is CCCCCCCCCCCCc1ccccc1.O=S(=O)([O-])[O-].[Li+]. The zero-order valence-corrected chi connectivity index (χ0v) is 16.0. The van der Waals surface area contributed by atoms with E-state index in [1.807, 2.05) is 0 Å². The Morgan fingerprint density at radius 2 is 1.12 bits per heavy atom. The van der Waals surface area contributed by atoms with E-state index in [1.165, 1.54) is 76.2 Å². The quantitative estimate of drug-likeness (QED) is 0.264. The van der Waals surface area contributed by atoms with E-state index >= 15 is 0 Å². The van der Waals surface area contributed by atoms with Gasteiger partial charge in [-0.05, 0) is 18.4 Å². The zero-order valence-electron chi connectivity index (χ0n) is 15.2. The summed E-state index contributed by atoms with van der Waals surface area (Å²) in [5.41, 5.74) is 1.50. The first-order valence-corrected chi connectivity index (χ1v) is 9.97. The first-order chi connectivity index (χ1) is 10.9. The third-order valence-electron chi connectivity index (χ3n) is 3.66. The van der Waals surface area contributed by atoms with Crippen LogP contribution in [0.4, 0.5) is 0 Å². The van der Waals surface area contributed by atoms with Gasteiger partial charge in [-0.1, -0.05) is 95.0 Å². The van der Waals surface area contributed by atoms with Gasteiger partial charge in [-0.3, -0.25) is 8.42 Å². The molecule has 1 aromatic carbocycles. The van der Waals surface area contributed by atoms with Gasteiger partial charge in [0.25, 0.3) is 0 Å². The van der Waals surface area contributed by atoms with Gasteiger partial charge in [0.1, 0.15) is 0 Å². The minimum atomic E-state index is -5.17. The van der Waals surface area contributed by atoms with E-state index in [4.69, 9.17) is 17.5 Å². The number of rotatable bonds is 11. The van der Waals surface area contributed by atoms with Gasteiger partial charge in [-0.15, -0.1) is 0 Å². The summed E-state index contributed by atoms with van der Waals surface area (Å²) in [7, 11) is -5.17. The second kappa shape index (κ2) is 17.5. The van der Waals surface area contributed by atoms with E-state index in [-0.39, 0.29) is 18.9 Å². The van der Waals surface area contributed by atoms with Crippen LogP contribution in [0.5, 0.6) is 0 Å². The first kappa shape index (κ1) is 25.9. The fraction of sp³-hybridized carbons (Fsp3) is 0.667. The molecule has 0 aliphatic rings. The van der Waals surface area contributed by atoms with Gasteiger partial charge >= 0.3 is 18.9 Å². The summed E-state index contributed by atoms with van der Waals surface area (Å²) < 4.78 is 34.1. The Morgan fingerprint density at radius 1 is 0.750 bits per heavy atom. The summed E-state index contributed by atoms with van der Waals surface area (Å²) in [6.45, 7) is 2.28. The minimum Gasteiger partial charge on any atom is -0.759 e. The van der Waals surface area contributed by atoms with Crippen LogP contribution in [-0.4, -0.2) is 17.5 Å². The molecule has 0 N–H and O–H groups in total. The maximum absolute atomic E-state index is 8.52. The first-order valence-electron chi connectivity index (χ1n) is 8.64. The predicted molar refractivity (Wildman–Crippen MR) is 92.5 cm³/mol. The average molecular weight is 349 g/mol. The van der Waals surface area contributed by atoms with E-state index in [2.05, 4.69) is 37.3 Å². The van der Waals surface area contributed by atoms with Crippen LogP contribution in [0, 0.1) is 0 Å². The number of unbranched alkanes of at least 4 members (excludes halogenated alkanes) is 9. The summed E-state index contributed by atoms with van der Waals surface area (Å²) in [6.07, 6.45) is 15.5. The maximum Gasteiger partial charge on any atom is 1.00 e. The van der Waals surface area contributed by atoms with Crippen molar-refractivity contribution in [1.29, 1.82) is 0 Å². The number of benzene rings is 1. The van der Waals surface area contributed by atoms with Crippen LogP contribution in [0.25, 0.3) is 0 Å². The molecule has 1 aromatic rings. The topological polar surface area (TPSA) is 80.3 Å². The molecule has 0 saturated carbocycles. The van der Waals surface area contributed by atoms with Crippen molar-refractivity contribution >= 4 is 10.4 Å². The molecule has 0 aliphatic carbocycles. The summed E-state index contributed by atoms with van der Waals surface area (Å²) in [5, 5.41) is 0.